The Balaban J connectivity index is 2.28. The molecule has 3 N–H and O–H groups in total. The van der Waals surface area contributed by atoms with Gasteiger partial charge in [0.1, 0.15) is 0 Å². The summed E-state index contributed by atoms with van der Waals surface area (Å²) in [7, 11) is 1.66. The summed E-state index contributed by atoms with van der Waals surface area (Å²) in [5, 5.41) is 14.7. The Hall–Kier alpha value is -1.30. The van der Waals surface area contributed by atoms with Gasteiger partial charge in [0, 0.05) is 26.8 Å². The van der Waals surface area contributed by atoms with Gasteiger partial charge in [-0.2, -0.15) is 0 Å². The molecule has 0 aromatic heterocycles. The quantitative estimate of drug-likeness (QED) is 0.569. The number of rotatable bonds is 9. The zero-order valence-electron chi connectivity index (χ0n) is 13.0. The highest BCUT2D eigenvalue weighted by molar-refractivity contribution is 5.74. The number of carboxylic acids is 1. The van der Waals surface area contributed by atoms with E-state index in [0.717, 1.165) is 44.9 Å². The van der Waals surface area contributed by atoms with E-state index < -0.39 is 5.97 Å². The van der Waals surface area contributed by atoms with Crippen LogP contribution in [-0.2, 0) is 9.53 Å². The lowest BCUT2D eigenvalue weighted by Gasteiger charge is -2.36. The highest BCUT2D eigenvalue weighted by atomic mass is 16.5. The topological polar surface area (TPSA) is 87.7 Å². The van der Waals surface area contributed by atoms with E-state index in [1.54, 1.807) is 7.11 Å². The van der Waals surface area contributed by atoms with E-state index in [2.05, 4.69) is 10.6 Å². The van der Waals surface area contributed by atoms with Crippen molar-refractivity contribution < 1.29 is 19.4 Å². The Morgan fingerprint density at radius 3 is 2.48 bits per heavy atom. The molecule has 0 bridgehead atoms. The van der Waals surface area contributed by atoms with E-state index >= 15 is 0 Å². The van der Waals surface area contributed by atoms with Gasteiger partial charge in [0.2, 0.25) is 0 Å². The molecule has 2 amide bonds. The number of carbonyl (C=O) groups excluding carboxylic acids is 1. The number of methoxy groups -OCH3 is 1. The van der Waals surface area contributed by atoms with Crippen molar-refractivity contribution in [3.63, 3.8) is 0 Å². The molecule has 6 nitrogen and oxygen atoms in total. The Bertz CT molecular complexity index is 328. The third kappa shape index (κ3) is 7.32. The Kier molecular flexibility index (Phi) is 8.12. The maximum Gasteiger partial charge on any atom is 0.314 e. The fourth-order valence-electron chi connectivity index (χ4n) is 2.94. The minimum atomic E-state index is -0.779. The molecule has 0 aromatic carbocycles. The van der Waals surface area contributed by atoms with Crippen molar-refractivity contribution in [1.29, 1.82) is 0 Å². The Labute approximate surface area is 126 Å². The molecule has 21 heavy (non-hydrogen) atoms. The summed E-state index contributed by atoms with van der Waals surface area (Å²) in [5.41, 5.74) is -0.266. The molecule has 0 unspecified atom stereocenters. The molecule has 1 fully saturated rings. The fraction of sp³-hybridized carbons (Fsp3) is 0.867. The zero-order valence-corrected chi connectivity index (χ0v) is 13.0. The molecule has 122 valence electrons. The lowest BCUT2D eigenvalue weighted by atomic mass is 9.72. The molecule has 1 aliphatic rings. The number of carboxylic acid groups (broad SMARTS) is 1. The van der Waals surface area contributed by atoms with Crippen LogP contribution in [0, 0.1) is 5.41 Å². The first-order chi connectivity index (χ1) is 10.1. The van der Waals surface area contributed by atoms with Gasteiger partial charge in [-0.15, -0.1) is 0 Å². The van der Waals surface area contributed by atoms with Crippen LogP contribution in [0.5, 0.6) is 0 Å². The van der Waals surface area contributed by atoms with Crippen molar-refractivity contribution in [2.24, 2.45) is 5.41 Å². The lowest BCUT2D eigenvalue weighted by Crippen LogP contribution is -2.44. The van der Waals surface area contributed by atoms with Gasteiger partial charge in [-0.3, -0.25) is 4.79 Å². The van der Waals surface area contributed by atoms with Crippen molar-refractivity contribution >= 4 is 12.0 Å². The standard InChI is InChI=1S/C15H28N2O4/c1-21-10-6-5-9-16-14(20)17-12-15(11-13(18)19)7-3-2-4-8-15/h2-12H2,1H3,(H,18,19)(H2,16,17,20). The van der Waals surface area contributed by atoms with Crippen LogP contribution in [0.3, 0.4) is 0 Å². The fourth-order valence-corrected chi connectivity index (χ4v) is 2.94. The summed E-state index contributed by atoms with van der Waals surface area (Å²) in [6.07, 6.45) is 6.96. The van der Waals surface area contributed by atoms with E-state index in [0.29, 0.717) is 19.7 Å². The van der Waals surface area contributed by atoms with Crippen LogP contribution in [0.4, 0.5) is 4.79 Å². The lowest BCUT2D eigenvalue weighted by molar-refractivity contribution is -0.140. The first kappa shape index (κ1) is 17.8. The van der Waals surface area contributed by atoms with Gasteiger partial charge >= 0.3 is 12.0 Å². The van der Waals surface area contributed by atoms with Gasteiger partial charge in [-0.05, 0) is 31.1 Å². The van der Waals surface area contributed by atoms with Crippen molar-refractivity contribution in [3.8, 4) is 0 Å². The monoisotopic (exact) mass is 300 g/mol. The van der Waals surface area contributed by atoms with Crippen LogP contribution < -0.4 is 10.6 Å². The summed E-state index contributed by atoms with van der Waals surface area (Å²) in [6, 6.07) is -0.206. The molecule has 0 aliphatic heterocycles. The van der Waals surface area contributed by atoms with E-state index in [1.165, 1.54) is 0 Å². The second kappa shape index (κ2) is 9.60. The van der Waals surface area contributed by atoms with E-state index in [1.807, 2.05) is 0 Å². The highest BCUT2D eigenvalue weighted by Crippen LogP contribution is 2.38. The molecule has 0 atom stereocenters. The van der Waals surface area contributed by atoms with Crippen LogP contribution in [0.2, 0.25) is 0 Å². The van der Waals surface area contributed by atoms with Crippen molar-refractivity contribution in [3.05, 3.63) is 0 Å². The van der Waals surface area contributed by atoms with E-state index in [9.17, 15) is 9.59 Å². The number of carbonyl (C=O) groups is 2. The average Bonchev–Trinajstić information content (AvgIpc) is 2.45. The smallest absolute Gasteiger partial charge is 0.314 e. The molecular weight excluding hydrogens is 272 g/mol. The number of hydrogen-bond donors (Lipinski definition) is 3. The van der Waals surface area contributed by atoms with Gasteiger partial charge < -0.3 is 20.5 Å². The number of ether oxygens (including phenoxy) is 1. The van der Waals surface area contributed by atoms with Crippen LogP contribution in [-0.4, -0.2) is 43.9 Å². The van der Waals surface area contributed by atoms with Crippen LogP contribution >= 0.6 is 0 Å². The highest BCUT2D eigenvalue weighted by Gasteiger charge is 2.34. The molecular formula is C15H28N2O4. The van der Waals surface area contributed by atoms with Gasteiger partial charge in [0.15, 0.2) is 0 Å². The van der Waals surface area contributed by atoms with Gasteiger partial charge in [0.05, 0.1) is 6.42 Å². The number of unbranched alkanes of at least 4 members (excludes halogenated alkanes) is 1. The summed E-state index contributed by atoms with van der Waals surface area (Å²) in [4.78, 5) is 22.8. The molecule has 0 spiro atoms. The summed E-state index contributed by atoms with van der Waals surface area (Å²) in [6.45, 7) is 1.76. The van der Waals surface area contributed by atoms with Crippen molar-refractivity contribution in [1.82, 2.24) is 10.6 Å². The molecule has 0 aromatic rings. The summed E-state index contributed by atoms with van der Waals surface area (Å²) < 4.78 is 4.94. The normalized spacial score (nSPS) is 17.2. The van der Waals surface area contributed by atoms with Crippen LogP contribution in [0.15, 0.2) is 0 Å². The molecule has 0 heterocycles. The SMILES string of the molecule is COCCCCNC(=O)NCC1(CC(=O)O)CCCCC1. The van der Waals surface area contributed by atoms with Gasteiger partial charge in [-0.25, -0.2) is 4.79 Å². The zero-order chi connectivity index (χ0) is 15.6. The first-order valence-electron chi connectivity index (χ1n) is 7.80. The van der Waals surface area contributed by atoms with Crippen LogP contribution in [0.1, 0.15) is 51.4 Å². The Morgan fingerprint density at radius 1 is 1.14 bits per heavy atom. The number of amides is 2. The minimum absolute atomic E-state index is 0.140. The second-order valence-electron chi connectivity index (χ2n) is 5.94. The van der Waals surface area contributed by atoms with Crippen molar-refractivity contribution in [2.75, 3.05) is 26.8 Å². The molecule has 6 heteroatoms. The van der Waals surface area contributed by atoms with Gasteiger partial charge in [-0.1, -0.05) is 19.3 Å². The Morgan fingerprint density at radius 2 is 1.86 bits per heavy atom. The molecule has 1 rings (SSSR count). The van der Waals surface area contributed by atoms with Crippen molar-refractivity contribution in [2.45, 2.75) is 51.4 Å². The van der Waals surface area contributed by atoms with Gasteiger partial charge in [0.25, 0.3) is 0 Å². The molecule has 1 aliphatic carbocycles. The maximum atomic E-state index is 11.7. The van der Waals surface area contributed by atoms with Crippen LogP contribution in [0.25, 0.3) is 0 Å². The van der Waals surface area contributed by atoms with E-state index in [4.69, 9.17) is 9.84 Å². The molecule has 0 saturated heterocycles. The summed E-state index contributed by atoms with van der Waals surface area (Å²) >= 11 is 0. The predicted molar refractivity (Wildman–Crippen MR) is 80.3 cm³/mol. The predicted octanol–water partition coefficient (Wildman–Crippen LogP) is 2.14. The average molecular weight is 300 g/mol. The number of urea groups is 1. The third-order valence-electron chi connectivity index (χ3n) is 4.13. The minimum Gasteiger partial charge on any atom is -0.481 e. The second-order valence-corrected chi connectivity index (χ2v) is 5.94. The molecule has 0 radical (unpaired) electrons. The van der Waals surface area contributed by atoms with E-state index in [-0.39, 0.29) is 17.9 Å². The summed E-state index contributed by atoms with van der Waals surface area (Å²) in [5.74, 6) is -0.779. The number of hydrogen-bond acceptors (Lipinski definition) is 3. The number of nitrogens with one attached hydrogen (secondary N) is 2. The molecule has 1 saturated carbocycles. The first-order valence-corrected chi connectivity index (χ1v) is 7.80. The largest absolute Gasteiger partial charge is 0.481 e. The number of aliphatic carboxylic acids is 1. The maximum absolute atomic E-state index is 11.7. The third-order valence-corrected chi connectivity index (χ3v) is 4.13.